The van der Waals surface area contributed by atoms with Crippen molar-refractivity contribution < 1.29 is 9.18 Å². The van der Waals surface area contributed by atoms with Crippen molar-refractivity contribution in [2.24, 2.45) is 5.92 Å². The van der Waals surface area contributed by atoms with Gasteiger partial charge in [-0.15, -0.1) is 11.3 Å². The maximum atomic E-state index is 13.5. The van der Waals surface area contributed by atoms with Gasteiger partial charge in [-0.1, -0.05) is 31.5 Å². The molecule has 0 saturated carbocycles. The van der Waals surface area contributed by atoms with Crippen molar-refractivity contribution in [3.63, 3.8) is 0 Å². The van der Waals surface area contributed by atoms with Crippen LogP contribution in [-0.4, -0.2) is 40.4 Å². The predicted molar refractivity (Wildman–Crippen MR) is 128 cm³/mol. The molecule has 3 heterocycles. The molecule has 0 fully saturated rings. The summed E-state index contributed by atoms with van der Waals surface area (Å²) >= 11 is 7.49. The number of hydrogen-bond donors (Lipinski definition) is 2. The fourth-order valence-electron chi connectivity index (χ4n) is 3.64. The zero-order chi connectivity index (χ0) is 22.7. The molecule has 1 amide bonds. The van der Waals surface area contributed by atoms with Gasteiger partial charge in [0.2, 0.25) is 5.91 Å². The first-order valence-electron chi connectivity index (χ1n) is 10.6. The minimum Gasteiger partial charge on any atom is -0.340 e. The number of thiophene rings is 1. The Kier molecular flexibility index (Phi) is 7.03. The van der Waals surface area contributed by atoms with Crippen LogP contribution in [0.25, 0.3) is 10.2 Å². The third-order valence-corrected chi connectivity index (χ3v) is 6.62. The lowest BCUT2D eigenvalue weighted by molar-refractivity contribution is -0.126. The van der Waals surface area contributed by atoms with E-state index in [9.17, 15) is 9.18 Å². The summed E-state index contributed by atoms with van der Waals surface area (Å²) < 4.78 is 13.5. The molecule has 0 spiro atoms. The molecule has 0 unspecified atom stereocenters. The van der Waals surface area contributed by atoms with Gasteiger partial charge in [-0.25, -0.2) is 14.4 Å². The van der Waals surface area contributed by atoms with Crippen molar-refractivity contribution in [2.45, 2.75) is 26.8 Å². The van der Waals surface area contributed by atoms with Crippen molar-refractivity contribution in [1.82, 2.24) is 20.2 Å². The molecule has 0 aliphatic carbocycles. The number of hydrogen-bond acceptors (Lipinski definition) is 6. The van der Waals surface area contributed by atoms with Gasteiger partial charge in [-0.05, 0) is 42.6 Å². The first kappa shape index (κ1) is 22.6. The maximum absolute atomic E-state index is 13.5. The highest BCUT2D eigenvalue weighted by molar-refractivity contribution is 7.19. The SMILES string of the molecule is CC(C)CNCC=CC(=O)N1CCc2c(sc3ncnc(Nc4ccc(F)c(Cl)c4)c23)C1. The molecule has 1 aromatic carbocycles. The Morgan fingerprint density at radius 2 is 2.22 bits per heavy atom. The molecular weight excluding hydrogens is 449 g/mol. The van der Waals surface area contributed by atoms with E-state index < -0.39 is 5.82 Å². The molecule has 2 aromatic heterocycles. The third-order valence-electron chi connectivity index (χ3n) is 5.21. The molecule has 1 aliphatic rings. The summed E-state index contributed by atoms with van der Waals surface area (Å²) in [6.07, 6.45) is 5.77. The van der Waals surface area contributed by atoms with Gasteiger partial charge in [0.25, 0.3) is 0 Å². The van der Waals surface area contributed by atoms with Crippen LogP contribution in [0.2, 0.25) is 5.02 Å². The van der Waals surface area contributed by atoms with Crippen LogP contribution in [0.15, 0.2) is 36.7 Å². The quantitative estimate of drug-likeness (QED) is 0.376. The Bertz CT molecular complexity index is 1160. The van der Waals surface area contributed by atoms with Gasteiger partial charge in [-0.2, -0.15) is 0 Å². The third kappa shape index (κ3) is 5.09. The molecule has 0 bridgehead atoms. The normalized spacial score (nSPS) is 13.8. The van der Waals surface area contributed by atoms with Crippen LogP contribution >= 0.6 is 22.9 Å². The van der Waals surface area contributed by atoms with Gasteiger partial charge in [0, 0.05) is 29.7 Å². The number of nitrogens with zero attached hydrogens (tertiary/aromatic N) is 3. The standard InChI is InChI=1S/C23H25ClFN5OS/c1-14(2)11-26-8-3-4-20(31)30-9-7-16-19(12-30)32-23-21(16)22(27-13-28-23)29-15-5-6-18(25)17(24)10-15/h3-6,10,13-14,26H,7-9,11-12H2,1-2H3,(H,27,28,29). The number of anilines is 2. The summed E-state index contributed by atoms with van der Waals surface area (Å²) in [5, 5.41) is 7.54. The van der Waals surface area contributed by atoms with Crippen LogP contribution in [0.1, 0.15) is 24.3 Å². The zero-order valence-corrected chi connectivity index (χ0v) is 19.6. The lowest BCUT2D eigenvalue weighted by Gasteiger charge is -2.26. The number of amides is 1. The topological polar surface area (TPSA) is 70.2 Å². The van der Waals surface area contributed by atoms with Crippen LogP contribution in [0, 0.1) is 11.7 Å². The van der Waals surface area contributed by atoms with Crippen LogP contribution in [0.5, 0.6) is 0 Å². The molecule has 4 rings (SSSR count). The molecule has 32 heavy (non-hydrogen) atoms. The van der Waals surface area contributed by atoms with Gasteiger partial charge in [0.1, 0.15) is 22.8 Å². The van der Waals surface area contributed by atoms with Crippen molar-refractivity contribution >= 4 is 50.6 Å². The average Bonchev–Trinajstić information content (AvgIpc) is 3.14. The summed E-state index contributed by atoms with van der Waals surface area (Å²) in [6.45, 7) is 7.11. The molecule has 6 nitrogen and oxygen atoms in total. The van der Waals surface area contributed by atoms with Crippen LogP contribution in [0.4, 0.5) is 15.9 Å². The highest BCUT2D eigenvalue weighted by Crippen LogP contribution is 2.38. The van der Waals surface area contributed by atoms with E-state index in [2.05, 4.69) is 34.4 Å². The Hall–Kier alpha value is -2.55. The highest BCUT2D eigenvalue weighted by Gasteiger charge is 2.25. The molecule has 0 radical (unpaired) electrons. The number of nitrogens with one attached hydrogen (secondary N) is 2. The maximum Gasteiger partial charge on any atom is 0.246 e. The van der Waals surface area contributed by atoms with E-state index in [1.807, 2.05) is 11.0 Å². The summed E-state index contributed by atoms with van der Waals surface area (Å²) in [7, 11) is 0. The summed E-state index contributed by atoms with van der Waals surface area (Å²) in [6, 6.07) is 4.48. The van der Waals surface area contributed by atoms with Crippen molar-refractivity contribution in [3.05, 3.63) is 58.0 Å². The average molecular weight is 474 g/mol. The summed E-state index contributed by atoms with van der Waals surface area (Å²) in [5.74, 6) is 0.790. The number of fused-ring (bicyclic) bond motifs is 3. The minimum atomic E-state index is -0.465. The van der Waals surface area contributed by atoms with Gasteiger partial charge in [-0.3, -0.25) is 4.79 Å². The number of rotatable bonds is 7. The second-order valence-corrected chi connectivity index (χ2v) is 9.62. The molecule has 9 heteroatoms. The molecule has 1 aliphatic heterocycles. The molecule has 3 aromatic rings. The summed E-state index contributed by atoms with van der Waals surface area (Å²) in [5.41, 5.74) is 1.81. The largest absolute Gasteiger partial charge is 0.340 e. The van der Waals surface area contributed by atoms with E-state index in [0.717, 1.165) is 33.6 Å². The fraction of sp³-hybridized carbons (Fsp3) is 0.348. The molecular formula is C23H25ClFN5OS. The van der Waals surface area contributed by atoms with Crippen molar-refractivity contribution in [1.29, 1.82) is 0 Å². The first-order valence-corrected chi connectivity index (χ1v) is 11.7. The lowest BCUT2D eigenvalue weighted by Crippen LogP contribution is -2.34. The highest BCUT2D eigenvalue weighted by atomic mass is 35.5. The molecule has 0 saturated heterocycles. The first-order chi connectivity index (χ1) is 15.4. The monoisotopic (exact) mass is 473 g/mol. The van der Waals surface area contributed by atoms with Crippen molar-refractivity contribution in [2.75, 3.05) is 25.0 Å². The van der Waals surface area contributed by atoms with E-state index in [1.165, 1.54) is 18.5 Å². The van der Waals surface area contributed by atoms with E-state index in [4.69, 9.17) is 11.6 Å². The number of halogens is 2. The number of carbonyl (C=O) groups is 1. The van der Waals surface area contributed by atoms with Crippen LogP contribution < -0.4 is 10.6 Å². The van der Waals surface area contributed by atoms with Gasteiger partial charge in [0.05, 0.1) is 17.0 Å². The van der Waals surface area contributed by atoms with Gasteiger partial charge < -0.3 is 15.5 Å². The minimum absolute atomic E-state index is 0.0184. The van der Waals surface area contributed by atoms with Crippen LogP contribution in [-0.2, 0) is 17.8 Å². The van der Waals surface area contributed by atoms with Crippen molar-refractivity contribution in [3.8, 4) is 0 Å². The van der Waals surface area contributed by atoms with E-state index in [1.54, 1.807) is 23.5 Å². The van der Waals surface area contributed by atoms with E-state index >= 15 is 0 Å². The number of carbonyl (C=O) groups excluding carboxylic acids is 1. The Morgan fingerprint density at radius 1 is 1.38 bits per heavy atom. The fourth-order valence-corrected chi connectivity index (χ4v) is 5.03. The van der Waals surface area contributed by atoms with E-state index in [0.29, 0.717) is 37.1 Å². The van der Waals surface area contributed by atoms with Gasteiger partial charge >= 0.3 is 0 Å². The smallest absolute Gasteiger partial charge is 0.246 e. The van der Waals surface area contributed by atoms with E-state index in [-0.39, 0.29) is 10.9 Å². The Balaban J connectivity index is 1.50. The Morgan fingerprint density at radius 3 is 3.00 bits per heavy atom. The number of aromatic nitrogens is 2. The molecule has 168 valence electrons. The second kappa shape index (κ2) is 9.94. The Labute approximate surface area is 195 Å². The second-order valence-electron chi connectivity index (χ2n) is 8.12. The van der Waals surface area contributed by atoms with Crippen LogP contribution in [0.3, 0.4) is 0 Å². The van der Waals surface area contributed by atoms with Gasteiger partial charge in [0.15, 0.2) is 0 Å². The number of benzene rings is 1. The molecule has 0 atom stereocenters. The lowest BCUT2D eigenvalue weighted by atomic mass is 10.0. The zero-order valence-electron chi connectivity index (χ0n) is 18.0. The summed E-state index contributed by atoms with van der Waals surface area (Å²) in [4.78, 5) is 25.3. The predicted octanol–water partition coefficient (Wildman–Crippen LogP) is 4.91. The molecule has 2 N–H and O–H groups in total.